The summed E-state index contributed by atoms with van der Waals surface area (Å²) in [5.74, 6) is 0. The van der Waals surface area contributed by atoms with Gasteiger partial charge in [-0.05, 0) is 35.4 Å². The van der Waals surface area contributed by atoms with Crippen LogP contribution in [0.15, 0.2) is 48.7 Å². The molecule has 0 radical (unpaired) electrons. The second kappa shape index (κ2) is 6.88. The summed E-state index contributed by atoms with van der Waals surface area (Å²) in [7, 11) is 0. The maximum Gasteiger partial charge on any atom is 0.183 e. The van der Waals surface area contributed by atoms with Gasteiger partial charge in [-0.3, -0.25) is 0 Å². The van der Waals surface area contributed by atoms with Gasteiger partial charge in [-0.25, -0.2) is 4.98 Å². The minimum atomic E-state index is 0.553. The number of anilines is 1. The third-order valence-electron chi connectivity index (χ3n) is 3.11. The molecule has 1 aromatic heterocycles. The normalized spacial score (nSPS) is 10.7. The molecule has 6 heteroatoms. The first kappa shape index (κ1) is 15.6. The number of nitrogens with zero attached hydrogens (tertiary/aromatic N) is 1. The van der Waals surface area contributed by atoms with Crippen LogP contribution in [0.5, 0.6) is 0 Å². The van der Waals surface area contributed by atoms with Crippen LogP contribution in [0.2, 0.25) is 14.5 Å². The Labute approximate surface area is 147 Å². The number of thiazole rings is 1. The fraction of sp³-hybridized carbons (Fsp3) is 0.0625. The molecular weight excluding hydrogens is 359 g/mol. The largest absolute Gasteiger partial charge is 0.380 e. The van der Waals surface area contributed by atoms with Crippen molar-refractivity contribution in [2.45, 2.75) is 6.54 Å². The molecule has 0 aliphatic carbocycles. The van der Waals surface area contributed by atoms with Crippen LogP contribution in [-0.4, -0.2) is 4.98 Å². The first-order valence-corrected chi connectivity index (χ1v) is 8.46. The second-order valence-corrected chi connectivity index (χ2v) is 7.15. The summed E-state index contributed by atoms with van der Waals surface area (Å²) in [5, 5.41) is 4.47. The van der Waals surface area contributed by atoms with Crippen molar-refractivity contribution in [3.05, 3.63) is 68.1 Å². The third kappa shape index (κ3) is 3.73. The predicted octanol–water partition coefficient (Wildman–Crippen LogP) is 6.38. The van der Waals surface area contributed by atoms with Crippen LogP contribution < -0.4 is 5.32 Å². The van der Waals surface area contributed by atoms with Crippen LogP contribution in [-0.2, 0) is 6.54 Å². The van der Waals surface area contributed by atoms with Gasteiger partial charge in [0.2, 0.25) is 0 Å². The molecule has 3 aromatic rings. The minimum Gasteiger partial charge on any atom is -0.380 e. The number of hydrogen-bond donors (Lipinski definition) is 1. The molecule has 22 heavy (non-hydrogen) atoms. The van der Waals surface area contributed by atoms with Crippen molar-refractivity contribution in [2.24, 2.45) is 0 Å². The van der Waals surface area contributed by atoms with Gasteiger partial charge in [-0.1, -0.05) is 53.0 Å². The van der Waals surface area contributed by atoms with Crippen molar-refractivity contribution in [3.8, 4) is 11.1 Å². The van der Waals surface area contributed by atoms with Gasteiger partial charge in [0, 0.05) is 16.8 Å². The summed E-state index contributed by atoms with van der Waals surface area (Å²) in [6.07, 6.45) is 1.78. The van der Waals surface area contributed by atoms with Crippen LogP contribution in [0.4, 0.5) is 5.69 Å². The van der Waals surface area contributed by atoms with Crippen LogP contribution in [0, 0.1) is 0 Å². The maximum atomic E-state index is 6.08. The molecule has 1 heterocycles. The Morgan fingerprint density at radius 3 is 2.50 bits per heavy atom. The zero-order chi connectivity index (χ0) is 15.5. The summed E-state index contributed by atoms with van der Waals surface area (Å²) in [6, 6.07) is 13.8. The molecule has 1 N–H and O–H groups in total. The fourth-order valence-electron chi connectivity index (χ4n) is 2.04. The molecule has 0 spiro atoms. The zero-order valence-corrected chi connectivity index (χ0v) is 14.4. The highest BCUT2D eigenvalue weighted by Gasteiger charge is 2.04. The molecule has 3 rings (SSSR count). The lowest BCUT2D eigenvalue weighted by atomic mass is 10.1. The van der Waals surface area contributed by atoms with Gasteiger partial charge in [0.1, 0.15) is 0 Å². The van der Waals surface area contributed by atoms with Crippen molar-refractivity contribution in [1.29, 1.82) is 0 Å². The third-order valence-corrected chi connectivity index (χ3v) is 4.96. The van der Waals surface area contributed by atoms with E-state index in [1.807, 2.05) is 30.3 Å². The lowest BCUT2D eigenvalue weighted by Crippen LogP contribution is -1.97. The summed E-state index contributed by atoms with van der Waals surface area (Å²) in [4.78, 5) is 5.12. The number of rotatable bonds is 4. The standard InChI is InChI=1S/C16H11Cl3N2S/c17-14-5-4-11(7-15(14)18)10-2-1-3-12(6-10)20-8-13-9-21-16(19)22-13/h1-7,9,20H,8H2. The summed E-state index contributed by atoms with van der Waals surface area (Å²) in [6.45, 7) is 0.690. The lowest BCUT2D eigenvalue weighted by Gasteiger charge is -2.08. The molecule has 2 aromatic carbocycles. The van der Waals surface area contributed by atoms with Crippen LogP contribution in [0.3, 0.4) is 0 Å². The Hall–Kier alpha value is -1.26. The Kier molecular flexibility index (Phi) is 4.89. The SMILES string of the molecule is Clc1ncc(CNc2cccc(-c3ccc(Cl)c(Cl)c3)c2)s1. The van der Waals surface area contributed by atoms with E-state index < -0.39 is 0 Å². The molecule has 0 saturated heterocycles. The molecule has 0 atom stereocenters. The predicted molar refractivity (Wildman–Crippen MR) is 96.3 cm³/mol. The van der Waals surface area contributed by atoms with E-state index >= 15 is 0 Å². The van der Waals surface area contributed by atoms with Gasteiger partial charge in [-0.2, -0.15) is 0 Å². The molecule has 0 aliphatic heterocycles. The first-order chi connectivity index (χ1) is 10.6. The van der Waals surface area contributed by atoms with Gasteiger partial charge in [0.15, 0.2) is 4.47 Å². The number of halogens is 3. The lowest BCUT2D eigenvalue weighted by molar-refractivity contribution is 1.17. The van der Waals surface area contributed by atoms with Crippen molar-refractivity contribution < 1.29 is 0 Å². The van der Waals surface area contributed by atoms with Gasteiger partial charge in [-0.15, -0.1) is 11.3 Å². The summed E-state index contributed by atoms with van der Waals surface area (Å²) >= 11 is 19.3. The van der Waals surface area contributed by atoms with Gasteiger partial charge in [0.25, 0.3) is 0 Å². The average Bonchev–Trinajstić information content (AvgIpc) is 2.94. The fourth-order valence-corrected chi connectivity index (χ4v) is 3.25. The number of benzene rings is 2. The zero-order valence-electron chi connectivity index (χ0n) is 11.3. The summed E-state index contributed by atoms with van der Waals surface area (Å²) in [5.41, 5.74) is 3.12. The highest BCUT2D eigenvalue weighted by atomic mass is 35.5. The van der Waals surface area contributed by atoms with Crippen molar-refractivity contribution in [3.63, 3.8) is 0 Å². The van der Waals surface area contributed by atoms with E-state index in [0.29, 0.717) is 21.1 Å². The first-order valence-electron chi connectivity index (χ1n) is 6.51. The molecule has 0 amide bonds. The molecular formula is C16H11Cl3N2S. The molecule has 112 valence electrons. The van der Waals surface area contributed by atoms with Crippen molar-refractivity contribution in [2.75, 3.05) is 5.32 Å². The van der Waals surface area contributed by atoms with E-state index in [2.05, 4.69) is 16.4 Å². The highest BCUT2D eigenvalue weighted by molar-refractivity contribution is 7.15. The van der Waals surface area contributed by atoms with E-state index in [0.717, 1.165) is 21.7 Å². The minimum absolute atomic E-state index is 0.553. The van der Waals surface area contributed by atoms with E-state index in [1.165, 1.54) is 11.3 Å². The van der Waals surface area contributed by atoms with E-state index in [9.17, 15) is 0 Å². The molecule has 0 aliphatic rings. The Bertz CT molecular complexity index is 802. The topological polar surface area (TPSA) is 24.9 Å². The van der Waals surface area contributed by atoms with E-state index in [-0.39, 0.29) is 0 Å². The van der Waals surface area contributed by atoms with E-state index in [4.69, 9.17) is 34.8 Å². The molecule has 2 nitrogen and oxygen atoms in total. The van der Waals surface area contributed by atoms with Crippen LogP contribution in [0.1, 0.15) is 4.88 Å². The number of hydrogen-bond acceptors (Lipinski definition) is 3. The Morgan fingerprint density at radius 1 is 0.955 bits per heavy atom. The smallest absolute Gasteiger partial charge is 0.183 e. The molecule has 0 saturated carbocycles. The quantitative estimate of drug-likeness (QED) is 0.577. The summed E-state index contributed by atoms with van der Waals surface area (Å²) < 4.78 is 0.557. The van der Waals surface area contributed by atoms with Crippen molar-refractivity contribution >= 4 is 51.8 Å². The average molecular weight is 370 g/mol. The van der Waals surface area contributed by atoms with Gasteiger partial charge < -0.3 is 5.32 Å². The Balaban J connectivity index is 1.78. The van der Waals surface area contributed by atoms with Gasteiger partial charge >= 0.3 is 0 Å². The number of aromatic nitrogens is 1. The second-order valence-electron chi connectivity index (χ2n) is 4.64. The molecule has 0 unspecified atom stereocenters. The molecule has 0 bridgehead atoms. The molecule has 0 fully saturated rings. The maximum absolute atomic E-state index is 6.08. The van der Waals surface area contributed by atoms with Crippen molar-refractivity contribution in [1.82, 2.24) is 4.98 Å². The van der Waals surface area contributed by atoms with Crippen LogP contribution >= 0.6 is 46.1 Å². The monoisotopic (exact) mass is 368 g/mol. The van der Waals surface area contributed by atoms with Gasteiger partial charge in [0.05, 0.1) is 16.6 Å². The highest BCUT2D eigenvalue weighted by Crippen LogP contribution is 2.30. The van der Waals surface area contributed by atoms with Crippen LogP contribution in [0.25, 0.3) is 11.1 Å². The Morgan fingerprint density at radius 2 is 1.77 bits per heavy atom. The van der Waals surface area contributed by atoms with E-state index in [1.54, 1.807) is 12.3 Å². The number of nitrogens with one attached hydrogen (secondary N) is 1.